The van der Waals surface area contributed by atoms with Gasteiger partial charge in [-0.3, -0.25) is 4.79 Å². The van der Waals surface area contributed by atoms with Crippen molar-refractivity contribution in [1.29, 1.82) is 0 Å². The first-order valence-electron chi connectivity index (χ1n) is 5.31. The van der Waals surface area contributed by atoms with Crippen molar-refractivity contribution in [2.24, 2.45) is 5.73 Å². The van der Waals surface area contributed by atoms with Crippen molar-refractivity contribution in [1.82, 2.24) is 10.2 Å². The van der Waals surface area contributed by atoms with Crippen molar-refractivity contribution < 1.29 is 37.8 Å². The van der Waals surface area contributed by atoms with Gasteiger partial charge in [0.2, 0.25) is 5.91 Å². The lowest BCUT2D eigenvalue weighted by molar-refractivity contribution is -0.142. The fraction of sp³-hybridized carbons (Fsp3) is 0.667. The van der Waals surface area contributed by atoms with Crippen LogP contribution in [0.2, 0.25) is 0 Å². The van der Waals surface area contributed by atoms with E-state index in [1.54, 1.807) is 5.32 Å². The zero-order valence-corrected chi connectivity index (χ0v) is 10.2. The van der Waals surface area contributed by atoms with Crippen molar-refractivity contribution in [3.63, 3.8) is 0 Å². The van der Waals surface area contributed by atoms with Gasteiger partial charge in [0.15, 0.2) is 0 Å². The molecule has 3 amide bonds. The number of nitrogens with zero attached hydrogens (tertiary/aromatic N) is 1. The molecule has 0 aliphatic heterocycles. The summed E-state index contributed by atoms with van der Waals surface area (Å²) in [6.07, 6.45) is -5.48. The van der Waals surface area contributed by atoms with E-state index in [-0.39, 0.29) is 4.90 Å². The van der Waals surface area contributed by atoms with E-state index in [9.17, 15) is 27.6 Å². The number of primary amides is 1. The number of urea groups is 1. The van der Waals surface area contributed by atoms with E-state index in [0.717, 1.165) is 0 Å². The van der Waals surface area contributed by atoms with Crippen LogP contribution in [0.4, 0.5) is 18.0 Å². The van der Waals surface area contributed by atoms with Crippen LogP contribution in [-0.4, -0.2) is 64.9 Å². The molecule has 1 atom stereocenters. The largest absolute Gasteiger partial charge is 0.480 e. The molecule has 0 aliphatic carbocycles. The highest BCUT2D eigenvalue weighted by molar-refractivity contribution is 5.87. The molecule has 11 heteroatoms. The Hall–Kier alpha value is -2.04. The number of nitrogens with two attached hydrogens (primary N) is 1. The molecule has 5 N–H and O–H groups in total. The molecule has 0 aromatic carbocycles. The lowest BCUT2D eigenvalue weighted by atomic mass is 10.2. The van der Waals surface area contributed by atoms with Crippen LogP contribution in [0.15, 0.2) is 0 Å². The number of hydrogen-bond donors (Lipinski definition) is 4. The first-order valence-corrected chi connectivity index (χ1v) is 5.31. The maximum Gasteiger partial charge on any atom is 0.406 e. The van der Waals surface area contributed by atoms with Crippen molar-refractivity contribution in [3.05, 3.63) is 0 Å². The third kappa shape index (κ3) is 7.41. The van der Waals surface area contributed by atoms with Crippen LogP contribution in [0.5, 0.6) is 0 Å². The Kier molecular flexibility index (Phi) is 6.76. The molecule has 0 radical (unpaired) electrons. The minimum Gasteiger partial charge on any atom is -0.480 e. The second-order valence-corrected chi connectivity index (χ2v) is 3.77. The van der Waals surface area contributed by atoms with Crippen molar-refractivity contribution >= 4 is 17.9 Å². The zero-order chi connectivity index (χ0) is 15.9. The number of halogens is 3. The number of nitrogens with one attached hydrogen (secondary N) is 1. The molecule has 0 aromatic rings. The number of aliphatic carboxylic acids is 1. The van der Waals surface area contributed by atoms with Crippen LogP contribution in [0.3, 0.4) is 0 Å². The molecular formula is C9H14F3N3O5. The van der Waals surface area contributed by atoms with Gasteiger partial charge >= 0.3 is 18.2 Å². The number of carboxylic acid groups (broad SMARTS) is 1. The lowest BCUT2D eigenvalue weighted by Gasteiger charge is -2.25. The van der Waals surface area contributed by atoms with Crippen LogP contribution >= 0.6 is 0 Å². The van der Waals surface area contributed by atoms with Gasteiger partial charge in [0.05, 0.1) is 13.0 Å². The van der Waals surface area contributed by atoms with E-state index < -0.39 is 56.2 Å². The summed E-state index contributed by atoms with van der Waals surface area (Å²) in [5.74, 6) is -2.66. The van der Waals surface area contributed by atoms with Crippen LogP contribution in [-0.2, 0) is 9.59 Å². The summed E-state index contributed by atoms with van der Waals surface area (Å²) in [5, 5.41) is 19.0. The maximum atomic E-state index is 12.2. The summed E-state index contributed by atoms with van der Waals surface area (Å²) in [6.45, 7) is -3.05. The third-order valence-electron chi connectivity index (χ3n) is 2.03. The molecule has 0 aromatic heterocycles. The Morgan fingerprint density at radius 2 is 1.85 bits per heavy atom. The highest BCUT2D eigenvalue weighted by Crippen LogP contribution is 2.16. The fourth-order valence-electron chi connectivity index (χ4n) is 1.23. The Morgan fingerprint density at radius 1 is 1.30 bits per heavy atom. The highest BCUT2D eigenvalue weighted by atomic mass is 19.4. The van der Waals surface area contributed by atoms with Gasteiger partial charge in [0.1, 0.15) is 12.6 Å². The van der Waals surface area contributed by atoms with Gasteiger partial charge < -0.3 is 26.2 Å². The van der Waals surface area contributed by atoms with Crippen molar-refractivity contribution in [2.75, 3.05) is 19.7 Å². The van der Waals surface area contributed by atoms with E-state index >= 15 is 0 Å². The predicted octanol–water partition coefficient (Wildman–Crippen LogP) is -1.12. The van der Waals surface area contributed by atoms with E-state index in [4.69, 9.17) is 15.9 Å². The van der Waals surface area contributed by atoms with Crippen LogP contribution < -0.4 is 11.1 Å². The highest BCUT2D eigenvalue weighted by Gasteiger charge is 2.34. The molecule has 0 aliphatic rings. The maximum absolute atomic E-state index is 12.2. The molecule has 0 saturated heterocycles. The first kappa shape index (κ1) is 18.0. The predicted molar refractivity (Wildman–Crippen MR) is 58.5 cm³/mol. The van der Waals surface area contributed by atoms with E-state index in [2.05, 4.69) is 0 Å². The topological polar surface area (TPSA) is 133 Å². The minimum absolute atomic E-state index is 0.178. The van der Waals surface area contributed by atoms with Gasteiger partial charge in [-0.1, -0.05) is 0 Å². The number of carbonyl (C=O) groups excluding carboxylic acids is 2. The number of carbonyl (C=O) groups is 3. The summed E-state index contributed by atoms with van der Waals surface area (Å²) < 4.78 is 36.6. The quantitative estimate of drug-likeness (QED) is 0.473. The second kappa shape index (κ2) is 7.53. The summed E-state index contributed by atoms with van der Waals surface area (Å²) >= 11 is 0. The fourth-order valence-corrected chi connectivity index (χ4v) is 1.23. The summed E-state index contributed by atoms with van der Waals surface area (Å²) in [7, 11) is 0. The van der Waals surface area contributed by atoms with E-state index in [0.29, 0.717) is 0 Å². The van der Waals surface area contributed by atoms with E-state index in [1.165, 1.54) is 0 Å². The number of alkyl halides is 3. The Bertz CT molecular complexity index is 374. The molecular weight excluding hydrogens is 287 g/mol. The lowest BCUT2D eigenvalue weighted by Crippen LogP contribution is -2.52. The SMILES string of the molecule is NC(=O)C[C@H](NC(=O)N(CCO)CC(F)(F)F)C(=O)O. The third-order valence-corrected chi connectivity index (χ3v) is 2.03. The Balaban J connectivity index is 4.79. The van der Waals surface area contributed by atoms with Crippen molar-refractivity contribution in [3.8, 4) is 0 Å². The minimum atomic E-state index is -4.71. The van der Waals surface area contributed by atoms with Gasteiger partial charge in [-0.05, 0) is 0 Å². The van der Waals surface area contributed by atoms with Gasteiger partial charge in [-0.15, -0.1) is 0 Å². The molecule has 0 bridgehead atoms. The standard InChI is InChI=1S/C9H14F3N3O5/c10-9(11,12)4-15(1-2-16)8(20)14-5(7(18)19)3-6(13)17/h5,16H,1-4H2,(H2,13,17)(H,14,20)(H,18,19)/t5-/m0/s1. The number of hydrogen-bond acceptors (Lipinski definition) is 4. The average Bonchev–Trinajstić information content (AvgIpc) is 2.24. The molecule has 20 heavy (non-hydrogen) atoms. The van der Waals surface area contributed by atoms with Gasteiger partial charge in [0.25, 0.3) is 0 Å². The molecule has 0 unspecified atom stereocenters. The normalized spacial score (nSPS) is 12.6. The molecule has 0 heterocycles. The number of amides is 3. The molecule has 0 fully saturated rings. The monoisotopic (exact) mass is 301 g/mol. The Labute approximate surface area is 111 Å². The average molecular weight is 301 g/mol. The first-order chi connectivity index (χ1) is 9.06. The number of aliphatic hydroxyl groups is 1. The van der Waals surface area contributed by atoms with Gasteiger partial charge in [-0.25, -0.2) is 9.59 Å². The molecule has 0 spiro atoms. The van der Waals surface area contributed by atoms with Crippen LogP contribution in [0.25, 0.3) is 0 Å². The Morgan fingerprint density at radius 3 is 2.20 bits per heavy atom. The molecule has 8 nitrogen and oxygen atoms in total. The number of carboxylic acids is 1. The summed E-state index contributed by atoms with van der Waals surface area (Å²) in [6, 6.07) is -3.11. The molecule has 116 valence electrons. The van der Waals surface area contributed by atoms with E-state index in [1.807, 2.05) is 0 Å². The second-order valence-electron chi connectivity index (χ2n) is 3.77. The number of rotatable bonds is 7. The van der Waals surface area contributed by atoms with Crippen LogP contribution in [0, 0.1) is 0 Å². The smallest absolute Gasteiger partial charge is 0.406 e. The van der Waals surface area contributed by atoms with Crippen LogP contribution in [0.1, 0.15) is 6.42 Å². The summed E-state index contributed by atoms with van der Waals surface area (Å²) in [4.78, 5) is 33.0. The number of aliphatic hydroxyl groups excluding tert-OH is 1. The zero-order valence-electron chi connectivity index (χ0n) is 10.2. The summed E-state index contributed by atoms with van der Waals surface area (Å²) in [5.41, 5.74) is 4.76. The van der Waals surface area contributed by atoms with Gasteiger partial charge in [0, 0.05) is 6.54 Å². The van der Waals surface area contributed by atoms with Gasteiger partial charge in [-0.2, -0.15) is 13.2 Å². The molecule has 0 rings (SSSR count). The van der Waals surface area contributed by atoms with Crippen molar-refractivity contribution in [2.45, 2.75) is 18.6 Å². The molecule has 0 saturated carbocycles.